The molecular formula is C25H28ClN3O2. The lowest BCUT2D eigenvalue weighted by molar-refractivity contribution is -0.136. The molecule has 1 N–H and O–H groups in total. The van der Waals surface area contributed by atoms with Crippen molar-refractivity contribution < 1.29 is 9.59 Å². The number of ketones is 1. The third-order valence-corrected chi connectivity index (χ3v) is 7.74. The Morgan fingerprint density at radius 2 is 1.90 bits per heavy atom. The third-order valence-electron chi connectivity index (χ3n) is 7.33. The van der Waals surface area contributed by atoms with E-state index in [1.807, 2.05) is 18.2 Å². The lowest BCUT2D eigenvalue weighted by Crippen LogP contribution is -2.44. The van der Waals surface area contributed by atoms with Crippen molar-refractivity contribution >= 4 is 34.9 Å². The first-order valence-corrected chi connectivity index (χ1v) is 11.5. The van der Waals surface area contributed by atoms with E-state index in [4.69, 9.17) is 16.6 Å². The maximum absolute atomic E-state index is 13.1. The number of hydrogen-bond donors (Lipinski definition) is 1. The standard InChI is InChI=1S/C25H28ClN3O2/c1-15-18(6-4-7-20(15)26)25(10-5-11-25)28-21-9-8-19-22(27-21)29(14-24(19,2)3)23(31)16-12-17(30)13-16/h4,6-9,16H,5,10-14H2,1-3H3,(H,27,28). The number of aromatic nitrogens is 1. The van der Waals surface area contributed by atoms with Crippen molar-refractivity contribution in [2.45, 2.75) is 63.8 Å². The van der Waals surface area contributed by atoms with Crippen LogP contribution in [-0.2, 0) is 20.5 Å². The first-order chi connectivity index (χ1) is 14.7. The Kier molecular flexibility index (Phi) is 4.67. The van der Waals surface area contributed by atoms with Gasteiger partial charge in [0.05, 0.1) is 11.5 Å². The molecule has 5 nitrogen and oxygen atoms in total. The van der Waals surface area contributed by atoms with E-state index in [2.05, 4.69) is 38.2 Å². The number of anilines is 2. The number of carbonyl (C=O) groups is 2. The zero-order chi connectivity index (χ0) is 22.0. The Bertz CT molecular complexity index is 1080. The maximum atomic E-state index is 13.1. The molecule has 0 bridgehead atoms. The molecule has 2 saturated carbocycles. The molecule has 6 heteroatoms. The van der Waals surface area contributed by atoms with Crippen LogP contribution in [0.2, 0.25) is 5.02 Å². The minimum Gasteiger partial charge on any atom is -0.360 e. The molecule has 5 rings (SSSR count). The maximum Gasteiger partial charge on any atom is 0.232 e. The Labute approximate surface area is 188 Å². The molecule has 0 unspecified atom stereocenters. The van der Waals surface area contributed by atoms with Crippen molar-refractivity contribution in [1.29, 1.82) is 0 Å². The van der Waals surface area contributed by atoms with Crippen LogP contribution in [0.15, 0.2) is 30.3 Å². The predicted molar refractivity (Wildman–Crippen MR) is 123 cm³/mol. The van der Waals surface area contributed by atoms with Gasteiger partial charge in [0.1, 0.15) is 17.4 Å². The molecule has 2 aromatic rings. The van der Waals surface area contributed by atoms with E-state index in [-0.39, 0.29) is 28.6 Å². The molecule has 1 aliphatic heterocycles. The van der Waals surface area contributed by atoms with Gasteiger partial charge in [-0.15, -0.1) is 0 Å². The van der Waals surface area contributed by atoms with Gasteiger partial charge in [-0.25, -0.2) is 4.98 Å². The molecule has 3 aliphatic rings. The number of carbonyl (C=O) groups excluding carboxylic acids is 2. The van der Waals surface area contributed by atoms with E-state index in [9.17, 15) is 9.59 Å². The average molecular weight is 438 g/mol. The van der Waals surface area contributed by atoms with E-state index >= 15 is 0 Å². The molecule has 31 heavy (non-hydrogen) atoms. The molecule has 0 radical (unpaired) electrons. The van der Waals surface area contributed by atoms with Gasteiger partial charge in [0.25, 0.3) is 0 Å². The van der Waals surface area contributed by atoms with Crippen LogP contribution >= 0.6 is 11.6 Å². The van der Waals surface area contributed by atoms with Crippen LogP contribution in [0, 0.1) is 12.8 Å². The van der Waals surface area contributed by atoms with Crippen molar-refractivity contribution in [2.24, 2.45) is 5.92 Å². The van der Waals surface area contributed by atoms with Crippen molar-refractivity contribution in [3.05, 3.63) is 52.0 Å². The Morgan fingerprint density at radius 1 is 1.16 bits per heavy atom. The highest BCUT2D eigenvalue weighted by Crippen LogP contribution is 2.47. The van der Waals surface area contributed by atoms with Gasteiger partial charge in [-0.3, -0.25) is 14.5 Å². The second-order valence-electron chi connectivity index (χ2n) is 9.99. The number of nitrogens with zero attached hydrogens (tertiary/aromatic N) is 2. The van der Waals surface area contributed by atoms with Crippen LogP contribution in [0.4, 0.5) is 11.6 Å². The lowest BCUT2D eigenvalue weighted by Gasteiger charge is -2.44. The van der Waals surface area contributed by atoms with Gasteiger partial charge >= 0.3 is 0 Å². The molecule has 2 heterocycles. The number of halogens is 1. The fourth-order valence-corrected chi connectivity index (χ4v) is 5.41. The molecule has 2 fully saturated rings. The van der Waals surface area contributed by atoms with E-state index < -0.39 is 0 Å². The van der Waals surface area contributed by atoms with Crippen LogP contribution in [0.3, 0.4) is 0 Å². The molecule has 0 spiro atoms. The smallest absolute Gasteiger partial charge is 0.232 e. The second-order valence-corrected chi connectivity index (χ2v) is 10.4. The topological polar surface area (TPSA) is 62.3 Å². The van der Waals surface area contributed by atoms with Crippen molar-refractivity contribution in [3.8, 4) is 0 Å². The molecule has 162 valence electrons. The summed E-state index contributed by atoms with van der Waals surface area (Å²) in [5, 5.41) is 4.47. The van der Waals surface area contributed by atoms with Gasteiger partial charge in [-0.2, -0.15) is 0 Å². The Hall–Kier alpha value is -2.40. The molecular weight excluding hydrogens is 410 g/mol. The average Bonchev–Trinajstić information content (AvgIpc) is 2.95. The molecule has 2 aliphatic carbocycles. The number of rotatable bonds is 4. The summed E-state index contributed by atoms with van der Waals surface area (Å²) >= 11 is 6.41. The summed E-state index contributed by atoms with van der Waals surface area (Å²) in [5.41, 5.74) is 3.06. The number of nitrogens with one attached hydrogen (secondary N) is 1. The van der Waals surface area contributed by atoms with Crippen LogP contribution in [-0.4, -0.2) is 23.2 Å². The van der Waals surface area contributed by atoms with Gasteiger partial charge in [-0.05, 0) is 49.4 Å². The van der Waals surface area contributed by atoms with Gasteiger partial charge in [-0.1, -0.05) is 43.6 Å². The van der Waals surface area contributed by atoms with E-state index in [1.54, 1.807) is 4.90 Å². The molecule has 0 saturated heterocycles. The lowest BCUT2D eigenvalue weighted by atomic mass is 9.70. The normalized spacial score (nSPS) is 21.3. The Morgan fingerprint density at radius 3 is 2.55 bits per heavy atom. The van der Waals surface area contributed by atoms with Crippen LogP contribution in [0.25, 0.3) is 0 Å². The highest BCUT2D eigenvalue weighted by atomic mass is 35.5. The minimum atomic E-state index is -0.195. The SMILES string of the molecule is Cc1c(Cl)cccc1C1(Nc2ccc3c(n2)N(C(=O)C2CC(=O)C2)CC3(C)C)CCC1. The van der Waals surface area contributed by atoms with Gasteiger partial charge < -0.3 is 5.32 Å². The Balaban J connectivity index is 1.48. The van der Waals surface area contributed by atoms with Crippen molar-refractivity contribution in [3.63, 3.8) is 0 Å². The van der Waals surface area contributed by atoms with E-state index in [1.165, 1.54) is 5.56 Å². The fraction of sp³-hybridized carbons (Fsp3) is 0.480. The zero-order valence-corrected chi connectivity index (χ0v) is 19.1. The van der Waals surface area contributed by atoms with Gasteiger partial charge in [0, 0.05) is 35.4 Å². The van der Waals surface area contributed by atoms with Crippen LogP contribution in [0.5, 0.6) is 0 Å². The van der Waals surface area contributed by atoms with E-state index in [0.717, 1.165) is 47.0 Å². The number of hydrogen-bond acceptors (Lipinski definition) is 4. The summed E-state index contributed by atoms with van der Waals surface area (Å²) in [6.07, 6.45) is 3.91. The highest BCUT2D eigenvalue weighted by Gasteiger charge is 2.45. The molecule has 1 aromatic carbocycles. The first-order valence-electron chi connectivity index (χ1n) is 11.1. The zero-order valence-electron chi connectivity index (χ0n) is 18.3. The quantitative estimate of drug-likeness (QED) is 0.719. The number of Topliss-reactive ketones (excluding diaryl/α,β-unsaturated/α-hetero) is 1. The first kappa shape index (κ1) is 20.5. The number of benzene rings is 1. The van der Waals surface area contributed by atoms with Gasteiger partial charge in [0.2, 0.25) is 5.91 Å². The van der Waals surface area contributed by atoms with Crippen LogP contribution < -0.4 is 10.2 Å². The van der Waals surface area contributed by atoms with Crippen LogP contribution in [0.1, 0.15) is 62.6 Å². The summed E-state index contributed by atoms with van der Waals surface area (Å²) in [7, 11) is 0. The number of amides is 1. The summed E-state index contributed by atoms with van der Waals surface area (Å²) in [6, 6.07) is 10.2. The van der Waals surface area contributed by atoms with E-state index in [0.29, 0.717) is 19.4 Å². The summed E-state index contributed by atoms with van der Waals surface area (Å²) in [4.78, 5) is 31.3. The number of fused-ring (bicyclic) bond motifs is 1. The fourth-order valence-electron chi connectivity index (χ4n) is 5.24. The molecule has 1 aromatic heterocycles. The summed E-state index contributed by atoms with van der Waals surface area (Å²) in [5.74, 6) is 1.51. The molecule has 0 atom stereocenters. The summed E-state index contributed by atoms with van der Waals surface area (Å²) in [6.45, 7) is 6.95. The predicted octanol–water partition coefficient (Wildman–Crippen LogP) is 5.14. The molecule has 1 amide bonds. The number of pyridine rings is 1. The minimum absolute atomic E-state index is 0.0279. The monoisotopic (exact) mass is 437 g/mol. The highest BCUT2D eigenvalue weighted by molar-refractivity contribution is 6.31. The van der Waals surface area contributed by atoms with Crippen molar-refractivity contribution in [2.75, 3.05) is 16.8 Å². The van der Waals surface area contributed by atoms with Crippen molar-refractivity contribution in [1.82, 2.24) is 4.98 Å². The van der Waals surface area contributed by atoms with Gasteiger partial charge in [0.15, 0.2) is 0 Å². The third kappa shape index (κ3) is 3.25. The largest absolute Gasteiger partial charge is 0.360 e. The summed E-state index contributed by atoms with van der Waals surface area (Å²) < 4.78 is 0. The second kappa shape index (κ2) is 7.06.